The molecule has 2 N–H and O–H groups in total. The lowest BCUT2D eigenvalue weighted by molar-refractivity contribution is -0.389. The first-order valence-electron chi connectivity index (χ1n) is 6.03. The maximum atomic E-state index is 11.8. The normalized spacial score (nSPS) is 11.3. The van der Waals surface area contributed by atoms with Crippen molar-refractivity contribution < 1.29 is 9.72 Å². The summed E-state index contributed by atoms with van der Waals surface area (Å²) in [5, 5.41) is 14.2. The number of aromatic nitrogens is 1. The first kappa shape index (κ1) is 15.7. The van der Waals surface area contributed by atoms with Gasteiger partial charge in [-0.15, -0.1) is 0 Å². The van der Waals surface area contributed by atoms with Crippen molar-refractivity contribution in [1.29, 1.82) is 0 Å². The van der Waals surface area contributed by atoms with Gasteiger partial charge in [-0.25, -0.2) is 4.98 Å². The summed E-state index contributed by atoms with van der Waals surface area (Å²) in [7, 11) is 0. The van der Waals surface area contributed by atoms with Crippen LogP contribution in [0.25, 0.3) is 0 Å². The van der Waals surface area contributed by atoms with E-state index in [9.17, 15) is 14.9 Å². The Kier molecular flexibility index (Phi) is 5.53. The number of halogens is 1. The molecule has 1 amide bonds. The fourth-order valence-electron chi connectivity index (χ4n) is 1.67. The van der Waals surface area contributed by atoms with E-state index in [2.05, 4.69) is 40.1 Å². The zero-order chi connectivity index (χ0) is 14.5. The molecule has 0 spiro atoms. The third-order valence-electron chi connectivity index (χ3n) is 2.83. The van der Waals surface area contributed by atoms with E-state index in [-0.39, 0.29) is 22.8 Å². The number of hydrogen-bond donors (Lipinski definition) is 2. The van der Waals surface area contributed by atoms with Gasteiger partial charge in [-0.2, -0.15) is 0 Å². The molecule has 0 saturated carbocycles. The lowest BCUT2D eigenvalue weighted by atomic mass is 9.88. The highest BCUT2D eigenvalue weighted by Crippen LogP contribution is 2.21. The van der Waals surface area contributed by atoms with E-state index in [1.165, 1.54) is 12.1 Å². The highest BCUT2D eigenvalue weighted by Gasteiger charge is 2.21. The SMILES string of the molecule is CC(C)(CCCBr)CNC(=O)c1ccc([N+](=O)[O-])[nH]1. The van der Waals surface area contributed by atoms with E-state index in [4.69, 9.17) is 0 Å². The Morgan fingerprint density at radius 1 is 1.53 bits per heavy atom. The molecule has 7 heteroatoms. The Bertz CT molecular complexity index is 457. The van der Waals surface area contributed by atoms with Crippen molar-refractivity contribution >= 4 is 27.7 Å². The average molecular weight is 332 g/mol. The van der Waals surface area contributed by atoms with Crippen molar-refractivity contribution in [2.75, 3.05) is 11.9 Å². The van der Waals surface area contributed by atoms with Gasteiger partial charge in [0.25, 0.3) is 5.91 Å². The van der Waals surface area contributed by atoms with Crippen LogP contribution < -0.4 is 5.32 Å². The summed E-state index contributed by atoms with van der Waals surface area (Å²) in [5.74, 6) is -0.497. The van der Waals surface area contributed by atoms with Crippen LogP contribution in [0.5, 0.6) is 0 Å². The molecule has 0 radical (unpaired) electrons. The first-order valence-corrected chi connectivity index (χ1v) is 7.15. The van der Waals surface area contributed by atoms with Gasteiger partial charge in [0, 0.05) is 17.9 Å². The van der Waals surface area contributed by atoms with Crippen molar-refractivity contribution in [2.45, 2.75) is 26.7 Å². The van der Waals surface area contributed by atoms with Crippen molar-refractivity contribution in [3.8, 4) is 0 Å². The minimum atomic E-state index is -0.559. The Hall–Kier alpha value is -1.37. The molecule has 1 heterocycles. The van der Waals surface area contributed by atoms with E-state index >= 15 is 0 Å². The van der Waals surface area contributed by atoms with E-state index in [1.807, 2.05) is 0 Å². The van der Waals surface area contributed by atoms with Crippen LogP contribution in [0.4, 0.5) is 5.82 Å². The van der Waals surface area contributed by atoms with Crippen LogP contribution >= 0.6 is 15.9 Å². The van der Waals surface area contributed by atoms with Crippen LogP contribution in [-0.4, -0.2) is 27.7 Å². The summed E-state index contributed by atoms with van der Waals surface area (Å²) in [6.07, 6.45) is 2.03. The van der Waals surface area contributed by atoms with E-state index in [0.717, 1.165) is 18.2 Å². The molecule has 1 aromatic rings. The summed E-state index contributed by atoms with van der Waals surface area (Å²) >= 11 is 3.38. The maximum absolute atomic E-state index is 11.8. The van der Waals surface area contributed by atoms with Gasteiger partial charge in [0.15, 0.2) is 5.69 Å². The predicted octanol–water partition coefficient (Wildman–Crippen LogP) is 2.85. The van der Waals surface area contributed by atoms with Crippen LogP contribution in [0.3, 0.4) is 0 Å². The molecule has 0 unspecified atom stereocenters. The largest absolute Gasteiger partial charge is 0.358 e. The molecule has 1 rings (SSSR count). The van der Waals surface area contributed by atoms with Gasteiger partial charge < -0.3 is 15.4 Å². The van der Waals surface area contributed by atoms with Crippen LogP contribution in [0.2, 0.25) is 0 Å². The van der Waals surface area contributed by atoms with E-state index in [1.54, 1.807) is 0 Å². The van der Waals surface area contributed by atoms with Crippen molar-refractivity contribution in [3.05, 3.63) is 27.9 Å². The molecular weight excluding hydrogens is 314 g/mol. The molecule has 0 fully saturated rings. The second kappa shape index (κ2) is 6.70. The summed E-state index contributed by atoms with van der Waals surface area (Å²) < 4.78 is 0. The summed E-state index contributed by atoms with van der Waals surface area (Å²) in [6.45, 7) is 4.69. The highest BCUT2D eigenvalue weighted by molar-refractivity contribution is 9.09. The van der Waals surface area contributed by atoms with Gasteiger partial charge >= 0.3 is 5.82 Å². The number of H-pyrrole nitrogens is 1. The Labute approximate surface area is 120 Å². The number of alkyl halides is 1. The molecule has 0 bridgehead atoms. The number of nitrogens with one attached hydrogen (secondary N) is 2. The standard InChI is InChI=1S/C12H18BrN3O3/c1-12(2,6-3-7-13)8-14-11(17)9-4-5-10(15-9)16(18)19/h4-5,15H,3,6-8H2,1-2H3,(H,14,17). The van der Waals surface area contributed by atoms with Gasteiger partial charge in [0.05, 0.1) is 0 Å². The van der Waals surface area contributed by atoms with Gasteiger partial charge in [-0.05, 0) is 29.2 Å². The van der Waals surface area contributed by atoms with Crippen LogP contribution in [0.15, 0.2) is 12.1 Å². The third kappa shape index (κ3) is 5.02. The second-order valence-electron chi connectivity index (χ2n) is 5.15. The Morgan fingerprint density at radius 2 is 2.21 bits per heavy atom. The number of nitrogens with zero attached hydrogens (tertiary/aromatic N) is 1. The number of aromatic amines is 1. The smallest absolute Gasteiger partial charge is 0.321 e. The molecule has 19 heavy (non-hydrogen) atoms. The zero-order valence-corrected chi connectivity index (χ0v) is 12.6. The summed E-state index contributed by atoms with van der Waals surface area (Å²) in [4.78, 5) is 24.3. The number of rotatable bonds is 7. The number of hydrogen-bond acceptors (Lipinski definition) is 3. The minimum Gasteiger partial charge on any atom is -0.358 e. The molecule has 0 aliphatic rings. The fourth-order valence-corrected chi connectivity index (χ4v) is 1.95. The first-order chi connectivity index (χ1) is 8.85. The zero-order valence-electron chi connectivity index (χ0n) is 11.0. The summed E-state index contributed by atoms with van der Waals surface area (Å²) in [6, 6.07) is 2.70. The number of amides is 1. The topological polar surface area (TPSA) is 88.0 Å². The average Bonchev–Trinajstić information content (AvgIpc) is 2.83. The van der Waals surface area contributed by atoms with Crippen molar-refractivity contribution in [1.82, 2.24) is 10.3 Å². The molecule has 0 saturated heterocycles. The van der Waals surface area contributed by atoms with Crippen molar-refractivity contribution in [3.63, 3.8) is 0 Å². The van der Waals surface area contributed by atoms with Gasteiger partial charge in [-0.1, -0.05) is 29.8 Å². The number of carbonyl (C=O) groups is 1. The quantitative estimate of drug-likeness (QED) is 0.457. The minimum absolute atomic E-state index is 0.00194. The number of nitro groups is 1. The van der Waals surface area contributed by atoms with Gasteiger partial charge in [0.1, 0.15) is 0 Å². The summed E-state index contributed by atoms with van der Waals surface area (Å²) in [5.41, 5.74) is 0.213. The Morgan fingerprint density at radius 3 is 2.74 bits per heavy atom. The van der Waals surface area contributed by atoms with Crippen LogP contribution in [-0.2, 0) is 0 Å². The Balaban J connectivity index is 2.52. The van der Waals surface area contributed by atoms with Crippen molar-refractivity contribution in [2.24, 2.45) is 5.41 Å². The predicted molar refractivity (Wildman–Crippen MR) is 76.6 cm³/mol. The molecule has 1 aromatic heterocycles. The molecule has 0 aliphatic carbocycles. The number of carbonyl (C=O) groups excluding carboxylic acids is 1. The van der Waals surface area contributed by atoms with E-state index in [0.29, 0.717) is 6.54 Å². The molecule has 0 aliphatic heterocycles. The van der Waals surface area contributed by atoms with Crippen LogP contribution in [0, 0.1) is 15.5 Å². The maximum Gasteiger partial charge on any atom is 0.321 e. The molecule has 0 aromatic carbocycles. The second-order valence-corrected chi connectivity index (χ2v) is 5.95. The lowest BCUT2D eigenvalue weighted by Crippen LogP contribution is -2.34. The molecule has 0 atom stereocenters. The molecule has 6 nitrogen and oxygen atoms in total. The third-order valence-corrected chi connectivity index (χ3v) is 3.39. The molecule has 106 valence electrons. The van der Waals surface area contributed by atoms with E-state index < -0.39 is 4.92 Å². The monoisotopic (exact) mass is 331 g/mol. The van der Waals surface area contributed by atoms with Crippen LogP contribution in [0.1, 0.15) is 37.2 Å². The molecular formula is C12H18BrN3O3. The fraction of sp³-hybridized carbons (Fsp3) is 0.583. The van der Waals surface area contributed by atoms with Gasteiger partial charge in [-0.3, -0.25) is 4.79 Å². The highest BCUT2D eigenvalue weighted by atomic mass is 79.9. The lowest BCUT2D eigenvalue weighted by Gasteiger charge is -2.24. The van der Waals surface area contributed by atoms with Gasteiger partial charge in [0.2, 0.25) is 0 Å².